The fourth-order valence-corrected chi connectivity index (χ4v) is 5.50. The lowest BCUT2D eigenvalue weighted by molar-refractivity contribution is 0.0430. The van der Waals surface area contributed by atoms with Crippen molar-refractivity contribution in [2.24, 2.45) is 0 Å². The summed E-state index contributed by atoms with van der Waals surface area (Å²) in [6.07, 6.45) is 0. The van der Waals surface area contributed by atoms with Crippen LogP contribution in [0, 0.1) is 75.6 Å². The molecule has 1 aliphatic rings. The molecule has 0 saturated heterocycles. The van der Waals surface area contributed by atoms with Gasteiger partial charge in [0.15, 0.2) is 69.8 Å². The molecule has 3 nitrogen and oxygen atoms in total. The maximum absolute atomic E-state index is 16.0. The molecular formula is C31H10BF15O3. The van der Waals surface area contributed by atoms with Crippen molar-refractivity contribution in [3.63, 3.8) is 0 Å². The van der Waals surface area contributed by atoms with Gasteiger partial charge in [-0.15, -0.1) is 0 Å². The standard InChI is InChI=1S/C31H7F15.BH3O3/c32-8-6-12(21(35)14(34)7-8)15-9(10-4-5-13(33)23(37)22(10)36)2-1-3-11(15)16-19-17(25(39)28(42)24(16)38)18-20(31(19,45)46)27(41)30(44)29(43)26(18)40;2-1(3)4/h1-7H;2-4H. The molecule has 19 heteroatoms. The molecule has 0 spiro atoms. The molecule has 5 aromatic carbocycles. The van der Waals surface area contributed by atoms with E-state index in [9.17, 15) is 35.1 Å². The Morgan fingerprint density at radius 3 is 1.50 bits per heavy atom. The van der Waals surface area contributed by atoms with Gasteiger partial charge in [-0.2, -0.15) is 8.78 Å². The Kier molecular flexibility index (Phi) is 9.22. The first-order valence-electron chi connectivity index (χ1n) is 13.2. The third-order valence-corrected chi connectivity index (χ3v) is 7.39. The van der Waals surface area contributed by atoms with Crippen LogP contribution < -0.4 is 0 Å². The number of fused-ring (bicyclic) bond motifs is 3. The zero-order chi connectivity index (χ0) is 37.3. The first-order valence-corrected chi connectivity index (χ1v) is 13.2. The van der Waals surface area contributed by atoms with Crippen LogP contribution in [0.1, 0.15) is 11.1 Å². The van der Waals surface area contributed by atoms with Gasteiger partial charge < -0.3 is 15.1 Å². The van der Waals surface area contributed by atoms with E-state index in [4.69, 9.17) is 15.1 Å². The predicted octanol–water partition coefficient (Wildman–Crippen LogP) is 8.56. The Morgan fingerprint density at radius 2 is 0.900 bits per heavy atom. The Morgan fingerprint density at radius 1 is 0.400 bits per heavy atom. The van der Waals surface area contributed by atoms with Crippen LogP contribution in [-0.2, 0) is 5.92 Å². The molecule has 0 atom stereocenters. The normalized spacial score (nSPS) is 12.8. The van der Waals surface area contributed by atoms with Gasteiger partial charge in [0.1, 0.15) is 5.82 Å². The van der Waals surface area contributed by atoms with Gasteiger partial charge in [0.25, 0.3) is 0 Å². The monoisotopic (exact) mass is 726 g/mol. The molecule has 6 rings (SSSR count). The average molecular weight is 726 g/mol. The summed E-state index contributed by atoms with van der Waals surface area (Å²) < 4.78 is 223. The minimum Gasteiger partial charge on any atom is -0.402 e. The maximum atomic E-state index is 16.0. The number of rotatable bonds is 3. The van der Waals surface area contributed by atoms with Gasteiger partial charge in [-0.1, -0.05) is 18.2 Å². The molecule has 0 fully saturated rings. The molecule has 0 unspecified atom stereocenters. The molecule has 0 saturated carbocycles. The second-order valence-corrected chi connectivity index (χ2v) is 10.2. The molecule has 0 radical (unpaired) electrons. The predicted molar refractivity (Wildman–Crippen MR) is 143 cm³/mol. The Bertz CT molecular complexity index is 2240. The summed E-state index contributed by atoms with van der Waals surface area (Å²) in [5.41, 5.74) is -16.4. The first kappa shape index (κ1) is 36.3. The summed E-state index contributed by atoms with van der Waals surface area (Å²) >= 11 is 0. The van der Waals surface area contributed by atoms with Crippen LogP contribution in [0.25, 0.3) is 44.5 Å². The highest BCUT2D eigenvalue weighted by atomic mass is 19.3. The molecule has 0 bridgehead atoms. The smallest absolute Gasteiger partial charge is 0.402 e. The summed E-state index contributed by atoms with van der Waals surface area (Å²) in [6, 6.07) is 2.92. The highest BCUT2D eigenvalue weighted by molar-refractivity contribution is 6.30. The van der Waals surface area contributed by atoms with E-state index >= 15 is 30.7 Å². The number of hydrogen-bond donors (Lipinski definition) is 3. The fraction of sp³-hybridized carbons (Fsp3) is 0.0323. The lowest BCUT2D eigenvalue weighted by Crippen LogP contribution is -2.18. The Labute approximate surface area is 268 Å². The van der Waals surface area contributed by atoms with Crippen LogP contribution in [0.5, 0.6) is 0 Å². The third-order valence-electron chi connectivity index (χ3n) is 7.39. The van der Waals surface area contributed by atoms with Gasteiger partial charge in [-0.25, -0.2) is 57.1 Å². The van der Waals surface area contributed by atoms with Gasteiger partial charge in [-0.3, -0.25) is 0 Å². The van der Waals surface area contributed by atoms with Gasteiger partial charge in [-0.05, 0) is 29.3 Å². The van der Waals surface area contributed by atoms with E-state index in [1.54, 1.807) is 0 Å². The quantitative estimate of drug-likeness (QED) is 0.0757. The molecule has 0 amide bonds. The van der Waals surface area contributed by atoms with Crippen molar-refractivity contribution in [3.05, 3.63) is 129 Å². The van der Waals surface area contributed by atoms with Crippen molar-refractivity contribution in [3.8, 4) is 44.5 Å². The second-order valence-electron chi connectivity index (χ2n) is 10.2. The Hall–Kier alpha value is -5.01. The molecule has 1 aliphatic carbocycles. The molecule has 50 heavy (non-hydrogen) atoms. The van der Waals surface area contributed by atoms with Crippen molar-refractivity contribution < 1.29 is 80.9 Å². The largest absolute Gasteiger partial charge is 0.631 e. The number of alkyl halides is 2. The van der Waals surface area contributed by atoms with E-state index in [0.29, 0.717) is 18.2 Å². The van der Waals surface area contributed by atoms with Gasteiger partial charge in [0, 0.05) is 45.0 Å². The number of halogens is 15. The average Bonchev–Trinajstić information content (AvgIpc) is 3.29. The fourth-order valence-electron chi connectivity index (χ4n) is 5.50. The van der Waals surface area contributed by atoms with E-state index in [-0.39, 0.29) is 12.1 Å². The molecular weight excluding hydrogens is 716 g/mol. The van der Waals surface area contributed by atoms with E-state index in [0.717, 1.165) is 12.1 Å². The van der Waals surface area contributed by atoms with Crippen molar-refractivity contribution >= 4 is 7.32 Å². The molecule has 0 heterocycles. The van der Waals surface area contributed by atoms with Crippen LogP contribution in [0.4, 0.5) is 65.9 Å². The van der Waals surface area contributed by atoms with Crippen LogP contribution >= 0.6 is 0 Å². The minimum absolute atomic E-state index is 0.0193. The summed E-state index contributed by atoms with van der Waals surface area (Å²) in [4.78, 5) is 0. The lowest BCUT2D eigenvalue weighted by Gasteiger charge is -2.22. The molecule has 0 aromatic heterocycles. The van der Waals surface area contributed by atoms with Crippen molar-refractivity contribution in [1.29, 1.82) is 0 Å². The topological polar surface area (TPSA) is 60.7 Å². The van der Waals surface area contributed by atoms with E-state index in [1.807, 2.05) is 0 Å². The van der Waals surface area contributed by atoms with Crippen molar-refractivity contribution in [2.75, 3.05) is 0 Å². The second kappa shape index (κ2) is 12.7. The minimum atomic E-state index is -5.24. The molecule has 3 N–H and O–H groups in total. The van der Waals surface area contributed by atoms with Gasteiger partial charge >= 0.3 is 13.2 Å². The number of benzene rings is 5. The third kappa shape index (κ3) is 5.45. The highest BCUT2D eigenvalue weighted by Gasteiger charge is 2.55. The lowest BCUT2D eigenvalue weighted by atomic mass is 9.84. The summed E-state index contributed by atoms with van der Waals surface area (Å²) in [5, 5.41) is 21.5. The zero-order valence-electron chi connectivity index (χ0n) is 23.6. The summed E-state index contributed by atoms with van der Waals surface area (Å²) in [6.45, 7) is 0. The van der Waals surface area contributed by atoms with Crippen molar-refractivity contribution in [1.82, 2.24) is 0 Å². The van der Waals surface area contributed by atoms with Gasteiger partial charge in [0.2, 0.25) is 0 Å². The maximum Gasteiger partial charge on any atom is 0.631 e. The first-order chi connectivity index (χ1) is 23.2. The molecule has 0 aliphatic heterocycles. The van der Waals surface area contributed by atoms with E-state index < -0.39 is 145 Å². The van der Waals surface area contributed by atoms with Gasteiger partial charge in [0.05, 0.1) is 5.56 Å². The molecule has 260 valence electrons. The number of hydrogen-bond acceptors (Lipinski definition) is 3. The summed E-state index contributed by atoms with van der Waals surface area (Å²) in [7, 11) is -2.17. The zero-order valence-corrected chi connectivity index (χ0v) is 23.6. The van der Waals surface area contributed by atoms with Crippen LogP contribution in [0.15, 0.2) is 42.5 Å². The SMILES string of the molecule is Fc1cc(F)c(F)c(-c2c(-c3ccc(F)c(F)c3F)cccc2-c2c(F)c(F)c(F)c3c2C(F)(F)c2c(F)c(F)c(F)c(F)c2-3)c1.OB(O)O. The molecule has 5 aromatic rings. The van der Waals surface area contributed by atoms with Crippen LogP contribution in [0.2, 0.25) is 0 Å². The van der Waals surface area contributed by atoms with Crippen molar-refractivity contribution in [2.45, 2.75) is 5.92 Å². The Balaban J connectivity index is 0.00000115. The van der Waals surface area contributed by atoms with E-state index in [2.05, 4.69) is 0 Å². The highest BCUT2D eigenvalue weighted by Crippen LogP contribution is 2.59. The van der Waals surface area contributed by atoms with E-state index in [1.165, 1.54) is 0 Å². The van der Waals surface area contributed by atoms with Crippen LogP contribution in [0.3, 0.4) is 0 Å². The summed E-state index contributed by atoms with van der Waals surface area (Å²) in [5.74, 6) is -35.7. The van der Waals surface area contributed by atoms with Crippen LogP contribution in [-0.4, -0.2) is 22.4 Å².